The van der Waals surface area contributed by atoms with Crippen LogP contribution >= 0.6 is 0 Å². The molecular formula is C14H20O3. The van der Waals surface area contributed by atoms with Gasteiger partial charge < -0.3 is 9.47 Å². The van der Waals surface area contributed by atoms with Crippen LogP contribution in [0.25, 0.3) is 0 Å². The molecule has 0 radical (unpaired) electrons. The number of ether oxygens (including phenoxy) is 2. The average molecular weight is 236 g/mol. The number of hydrogen-bond acceptors (Lipinski definition) is 3. The minimum absolute atomic E-state index is 0.219. The quantitative estimate of drug-likeness (QED) is 0.683. The number of methoxy groups -OCH3 is 1. The van der Waals surface area contributed by atoms with E-state index >= 15 is 0 Å². The molecule has 0 bridgehead atoms. The number of esters is 1. The molecule has 0 fully saturated rings. The molecule has 0 aliphatic carbocycles. The molecule has 1 aromatic rings. The molecule has 0 N–H and O–H groups in total. The second-order valence-corrected chi connectivity index (χ2v) is 4.02. The van der Waals surface area contributed by atoms with Crippen LogP contribution in [0.5, 0.6) is 0 Å². The summed E-state index contributed by atoms with van der Waals surface area (Å²) in [5, 5.41) is 0. The second kappa shape index (κ2) is 7.85. The molecule has 17 heavy (non-hydrogen) atoms. The third kappa shape index (κ3) is 5.50. The Morgan fingerprint density at radius 2 is 1.82 bits per heavy atom. The summed E-state index contributed by atoms with van der Waals surface area (Å²) < 4.78 is 10.1. The number of rotatable bonds is 7. The molecule has 94 valence electrons. The molecule has 0 aliphatic heterocycles. The molecule has 0 saturated carbocycles. The van der Waals surface area contributed by atoms with Crippen LogP contribution in [0.2, 0.25) is 0 Å². The van der Waals surface area contributed by atoms with Gasteiger partial charge in [0.25, 0.3) is 0 Å². The molecule has 3 nitrogen and oxygen atoms in total. The van der Waals surface area contributed by atoms with Gasteiger partial charge in [-0.2, -0.15) is 0 Å². The van der Waals surface area contributed by atoms with E-state index in [4.69, 9.17) is 9.47 Å². The van der Waals surface area contributed by atoms with Gasteiger partial charge in [0.15, 0.2) is 0 Å². The van der Waals surface area contributed by atoms with Gasteiger partial charge in [-0.15, -0.1) is 0 Å². The van der Waals surface area contributed by atoms with Crippen LogP contribution in [0, 0.1) is 0 Å². The molecular weight excluding hydrogens is 216 g/mol. The third-order valence-electron chi connectivity index (χ3n) is 2.71. The first-order chi connectivity index (χ1) is 8.24. The van der Waals surface area contributed by atoms with Gasteiger partial charge in [0.2, 0.25) is 0 Å². The maximum atomic E-state index is 10.7. The van der Waals surface area contributed by atoms with E-state index in [0.717, 1.165) is 19.4 Å². The zero-order valence-corrected chi connectivity index (χ0v) is 10.5. The molecule has 1 unspecified atom stereocenters. The van der Waals surface area contributed by atoms with Gasteiger partial charge in [-0.05, 0) is 24.3 Å². The van der Waals surface area contributed by atoms with Crippen LogP contribution in [0.1, 0.15) is 31.2 Å². The van der Waals surface area contributed by atoms with Gasteiger partial charge in [-0.3, -0.25) is 4.79 Å². The Morgan fingerprint density at radius 1 is 1.18 bits per heavy atom. The lowest BCUT2D eigenvalue weighted by Crippen LogP contribution is -2.09. The summed E-state index contributed by atoms with van der Waals surface area (Å²) in [5.74, 6) is 0.166. The predicted octanol–water partition coefficient (Wildman–Crippen LogP) is 2.76. The number of benzene rings is 1. The summed E-state index contributed by atoms with van der Waals surface area (Å²) in [6.07, 6.45) is 1.79. The van der Waals surface area contributed by atoms with Crippen molar-refractivity contribution in [2.24, 2.45) is 0 Å². The monoisotopic (exact) mass is 236 g/mol. The first-order valence-corrected chi connectivity index (χ1v) is 5.91. The van der Waals surface area contributed by atoms with E-state index in [2.05, 4.69) is 12.1 Å². The van der Waals surface area contributed by atoms with E-state index in [1.165, 1.54) is 12.5 Å². The lowest BCUT2D eigenvalue weighted by Gasteiger charge is -2.16. The minimum atomic E-state index is -0.219. The highest BCUT2D eigenvalue weighted by atomic mass is 16.5. The molecule has 0 spiro atoms. The minimum Gasteiger partial charge on any atom is -0.466 e. The number of hydrogen-bond donors (Lipinski definition) is 0. The summed E-state index contributed by atoms with van der Waals surface area (Å²) in [7, 11) is 1.70. The van der Waals surface area contributed by atoms with Gasteiger partial charge in [0.05, 0.1) is 6.61 Å². The van der Waals surface area contributed by atoms with E-state index in [0.29, 0.717) is 12.5 Å². The van der Waals surface area contributed by atoms with Crippen LogP contribution in [-0.4, -0.2) is 26.3 Å². The smallest absolute Gasteiger partial charge is 0.302 e. The Bertz CT molecular complexity index is 321. The largest absolute Gasteiger partial charge is 0.466 e. The second-order valence-electron chi connectivity index (χ2n) is 4.02. The molecule has 0 aromatic heterocycles. The Morgan fingerprint density at radius 3 is 2.41 bits per heavy atom. The molecule has 0 saturated heterocycles. The fraction of sp³-hybridized carbons (Fsp3) is 0.500. The molecule has 1 aromatic carbocycles. The van der Waals surface area contributed by atoms with Crippen molar-refractivity contribution in [2.75, 3.05) is 20.3 Å². The normalized spacial score (nSPS) is 12.1. The van der Waals surface area contributed by atoms with Crippen LogP contribution in [-0.2, 0) is 14.3 Å². The topological polar surface area (TPSA) is 35.5 Å². The molecule has 1 rings (SSSR count). The fourth-order valence-corrected chi connectivity index (χ4v) is 1.81. The van der Waals surface area contributed by atoms with Crippen LogP contribution in [0.4, 0.5) is 0 Å². The van der Waals surface area contributed by atoms with Gasteiger partial charge in [-0.25, -0.2) is 0 Å². The van der Waals surface area contributed by atoms with Crippen molar-refractivity contribution in [1.82, 2.24) is 0 Å². The van der Waals surface area contributed by atoms with Crippen molar-refractivity contribution < 1.29 is 14.3 Å². The predicted molar refractivity (Wildman–Crippen MR) is 66.9 cm³/mol. The Labute approximate surface area is 103 Å². The van der Waals surface area contributed by atoms with E-state index in [1.807, 2.05) is 18.2 Å². The summed E-state index contributed by atoms with van der Waals surface area (Å²) in [6.45, 7) is 2.63. The van der Waals surface area contributed by atoms with E-state index in [-0.39, 0.29) is 5.97 Å². The Kier molecular flexibility index (Phi) is 6.33. The van der Waals surface area contributed by atoms with Gasteiger partial charge in [-0.1, -0.05) is 30.3 Å². The molecule has 0 heterocycles. The summed E-state index contributed by atoms with van der Waals surface area (Å²) in [6, 6.07) is 10.3. The van der Waals surface area contributed by atoms with Gasteiger partial charge in [0.1, 0.15) is 0 Å². The SMILES string of the molecule is COCCC(CCOC(C)=O)c1ccccc1. The number of carbonyl (C=O) groups is 1. The fourth-order valence-electron chi connectivity index (χ4n) is 1.81. The lowest BCUT2D eigenvalue weighted by molar-refractivity contribution is -0.141. The van der Waals surface area contributed by atoms with E-state index < -0.39 is 0 Å². The highest BCUT2D eigenvalue weighted by molar-refractivity contribution is 5.65. The van der Waals surface area contributed by atoms with Crippen molar-refractivity contribution in [2.45, 2.75) is 25.7 Å². The average Bonchev–Trinajstić information content (AvgIpc) is 2.34. The van der Waals surface area contributed by atoms with Crippen molar-refractivity contribution in [3.63, 3.8) is 0 Å². The Balaban J connectivity index is 2.51. The third-order valence-corrected chi connectivity index (χ3v) is 2.71. The van der Waals surface area contributed by atoms with Crippen molar-refractivity contribution >= 4 is 5.97 Å². The first-order valence-electron chi connectivity index (χ1n) is 5.91. The zero-order chi connectivity index (χ0) is 12.5. The van der Waals surface area contributed by atoms with E-state index in [1.54, 1.807) is 7.11 Å². The van der Waals surface area contributed by atoms with Gasteiger partial charge >= 0.3 is 5.97 Å². The molecule has 0 aliphatic rings. The van der Waals surface area contributed by atoms with E-state index in [9.17, 15) is 4.79 Å². The summed E-state index contributed by atoms with van der Waals surface area (Å²) in [4.78, 5) is 10.7. The van der Waals surface area contributed by atoms with Crippen molar-refractivity contribution in [3.05, 3.63) is 35.9 Å². The zero-order valence-electron chi connectivity index (χ0n) is 10.5. The van der Waals surface area contributed by atoms with Crippen molar-refractivity contribution in [1.29, 1.82) is 0 Å². The molecule has 0 amide bonds. The summed E-state index contributed by atoms with van der Waals surface area (Å²) in [5.41, 5.74) is 1.27. The number of carbonyl (C=O) groups excluding carboxylic acids is 1. The van der Waals surface area contributed by atoms with Crippen molar-refractivity contribution in [3.8, 4) is 0 Å². The standard InChI is InChI=1S/C14H20O3/c1-12(15)17-11-9-14(8-10-16-2)13-6-4-3-5-7-13/h3-7,14H,8-11H2,1-2H3. The van der Waals surface area contributed by atoms with Gasteiger partial charge in [0, 0.05) is 20.6 Å². The van der Waals surface area contributed by atoms with Crippen LogP contribution < -0.4 is 0 Å². The molecule has 3 heteroatoms. The highest BCUT2D eigenvalue weighted by Gasteiger charge is 2.11. The Hall–Kier alpha value is -1.35. The van der Waals surface area contributed by atoms with Crippen LogP contribution in [0.15, 0.2) is 30.3 Å². The highest BCUT2D eigenvalue weighted by Crippen LogP contribution is 2.23. The maximum absolute atomic E-state index is 10.7. The maximum Gasteiger partial charge on any atom is 0.302 e. The summed E-state index contributed by atoms with van der Waals surface area (Å²) >= 11 is 0. The first kappa shape index (κ1) is 13.7. The molecule has 1 atom stereocenters. The lowest BCUT2D eigenvalue weighted by atomic mass is 9.93. The van der Waals surface area contributed by atoms with Crippen LogP contribution in [0.3, 0.4) is 0 Å².